The number of likely N-dealkylation sites (N-methyl/N-ethyl adjacent to an activating group) is 1. The van der Waals surface area contributed by atoms with Crippen LogP contribution in [0.15, 0.2) is 24.3 Å². The smallest absolute Gasteiger partial charge is 0.317 e. The molecule has 2 aliphatic carbocycles. The van der Waals surface area contributed by atoms with Gasteiger partial charge in [0.1, 0.15) is 11.4 Å². The van der Waals surface area contributed by atoms with Gasteiger partial charge in [-0.25, -0.2) is 4.79 Å². The third-order valence-electron chi connectivity index (χ3n) is 5.73. The third kappa shape index (κ3) is 2.97. The molecule has 1 aliphatic heterocycles. The maximum absolute atomic E-state index is 12.6. The summed E-state index contributed by atoms with van der Waals surface area (Å²) in [6.07, 6.45) is 5.89. The summed E-state index contributed by atoms with van der Waals surface area (Å²) in [5.41, 5.74) is 0.956. The lowest BCUT2D eigenvalue weighted by Gasteiger charge is -2.48. The van der Waals surface area contributed by atoms with Gasteiger partial charge >= 0.3 is 6.03 Å². The summed E-state index contributed by atoms with van der Waals surface area (Å²) in [6.45, 7) is 0.395. The number of rotatable bonds is 4. The second kappa shape index (κ2) is 5.96. The number of fused-ring (bicyclic) bond motifs is 1. The van der Waals surface area contributed by atoms with Gasteiger partial charge in [-0.1, -0.05) is 18.2 Å². The molecular weight excluding hydrogens is 304 g/mol. The molecule has 0 radical (unpaired) electrons. The molecule has 0 saturated heterocycles. The lowest BCUT2D eigenvalue weighted by atomic mass is 9.73. The van der Waals surface area contributed by atoms with Gasteiger partial charge in [0.25, 0.3) is 0 Å². The van der Waals surface area contributed by atoms with Crippen molar-refractivity contribution in [2.24, 2.45) is 5.92 Å². The standard InChI is InChI=1S/C19H26N2O3/c1-21(12-16(22)13-7-8-13)18(23)20-15-11-19(9-4-10-19)24-17-6-3-2-5-14(15)17/h2-3,5-6,13,15-16,22H,4,7-12H2,1H3,(H,20,23)/t15-,16-/m0/s1. The van der Waals surface area contributed by atoms with Crippen LogP contribution in [0.4, 0.5) is 4.79 Å². The summed E-state index contributed by atoms with van der Waals surface area (Å²) in [6, 6.07) is 7.85. The fraction of sp³-hybridized carbons (Fsp3) is 0.632. The molecule has 0 aromatic heterocycles. The summed E-state index contributed by atoms with van der Waals surface area (Å²) < 4.78 is 6.23. The zero-order valence-corrected chi connectivity index (χ0v) is 14.2. The quantitative estimate of drug-likeness (QED) is 0.892. The molecule has 1 aromatic rings. The minimum atomic E-state index is -0.402. The van der Waals surface area contributed by atoms with E-state index < -0.39 is 6.10 Å². The molecule has 1 spiro atoms. The van der Waals surface area contributed by atoms with E-state index in [1.165, 1.54) is 6.42 Å². The Morgan fingerprint density at radius 1 is 1.42 bits per heavy atom. The third-order valence-corrected chi connectivity index (χ3v) is 5.73. The SMILES string of the molecule is CN(C[C@H](O)C1CC1)C(=O)N[C@H]1CC2(CCC2)Oc2ccccc21. The van der Waals surface area contributed by atoms with Crippen molar-refractivity contribution >= 4 is 6.03 Å². The number of urea groups is 1. The topological polar surface area (TPSA) is 61.8 Å². The highest BCUT2D eigenvalue weighted by Crippen LogP contribution is 2.48. The monoisotopic (exact) mass is 330 g/mol. The van der Waals surface area contributed by atoms with Crippen LogP contribution in [0.3, 0.4) is 0 Å². The van der Waals surface area contributed by atoms with Crippen molar-refractivity contribution in [3.63, 3.8) is 0 Å². The molecule has 3 aliphatic rings. The molecule has 2 saturated carbocycles. The second-order valence-electron chi connectivity index (χ2n) is 7.67. The minimum absolute atomic E-state index is 0.0248. The number of para-hydroxylation sites is 1. The molecule has 2 fully saturated rings. The molecule has 2 atom stereocenters. The zero-order valence-electron chi connectivity index (χ0n) is 14.2. The van der Waals surface area contributed by atoms with Gasteiger partial charge in [-0.15, -0.1) is 0 Å². The number of carbonyl (C=O) groups is 1. The van der Waals surface area contributed by atoms with E-state index in [1.807, 2.05) is 24.3 Å². The first-order valence-electron chi connectivity index (χ1n) is 9.04. The molecule has 5 heteroatoms. The van der Waals surface area contributed by atoms with Crippen LogP contribution in [0.5, 0.6) is 5.75 Å². The van der Waals surface area contributed by atoms with Gasteiger partial charge < -0.3 is 20.1 Å². The number of carbonyl (C=O) groups excluding carboxylic acids is 1. The van der Waals surface area contributed by atoms with Crippen LogP contribution in [0.25, 0.3) is 0 Å². The van der Waals surface area contributed by atoms with Gasteiger partial charge in [-0.05, 0) is 44.1 Å². The number of aliphatic hydroxyl groups is 1. The van der Waals surface area contributed by atoms with Gasteiger partial charge in [0.05, 0.1) is 12.1 Å². The van der Waals surface area contributed by atoms with Gasteiger partial charge in [-0.2, -0.15) is 0 Å². The zero-order chi connectivity index (χ0) is 16.7. The van der Waals surface area contributed by atoms with Crippen molar-refractivity contribution in [3.05, 3.63) is 29.8 Å². The predicted molar refractivity (Wildman–Crippen MR) is 90.9 cm³/mol. The van der Waals surface area contributed by atoms with Crippen LogP contribution in [-0.2, 0) is 0 Å². The summed E-state index contributed by atoms with van der Waals surface area (Å²) in [5.74, 6) is 1.27. The largest absolute Gasteiger partial charge is 0.487 e. The molecule has 24 heavy (non-hydrogen) atoms. The van der Waals surface area contributed by atoms with Gasteiger partial charge in [0.2, 0.25) is 0 Å². The van der Waals surface area contributed by atoms with Crippen molar-refractivity contribution in [2.45, 2.75) is 56.3 Å². The highest BCUT2D eigenvalue weighted by Gasteiger charge is 2.46. The average molecular weight is 330 g/mol. The molecule has 130 valence electrons. The number of hydrogen-bond donors (Lipinski definition) is 2. The highest BCUT2D eigenvalue weighted by molar-refractivity contribution is 5.74. The summed E-state index contributed by atoms with van der Waals surface area (Å²) in [7, 11) is 1.76. The summed E-state index contributed by atoms with van der Waals surface area (Å²) in [5, 5.41) is 13.2. The van der Waals surface area contributed by atoms with Crippen molar-refractivity contribution in [3.8, 4) is 5.75 Å². The number of benzene rings is 1. The predicted octanol–water partition coefficient (Wildman–Crippen LogP) is 2.85. The molecule has 0 bridgehead atoms. The van der Waals surface area contributed by atoms with Crippen LogP contribution in [-0.4, -0.2) is 41.3 Å². The van der Waals surface area contributed by atoms with E-state index in [0.717, 1.165) is 43.4 Å². The summed E-state index contributed by atoms with van der Waals surface area (Å²) >= 11 is 0. The molecule has 2 N–H and O–H groups in total. The Morgan fingerprint density at radius 2 is 2.17 bits per heavy atom. The molecule has 4 rings (SSSR count). The molecule has 1 heterocycles. The van der Waals surface area contributed by atoms with E-state index in [1.54, 1.807) is 11.9 Å². The van der Waals surface area contributed by atoms with Crippen molar-refractivity contribution < 1.29 is 14.6 Å². The fourth-order valence-corrected chi connectivity index (χ4v) is 3.88. The Balaban J connectivity index is 1.45. The van der Waals surface area contributed by atoms with Crippen molar-refractivity contribution in [1.29, 1.82) is 0 Å². The maximum atomic E-state index is 12.6. The molecule has 2 amide bonds. The number of amides is 2. The second-order valence-corrected chi connectivity index (χ2v) is 7.67. The first-order chi connectivity index (χ1) is 11.6. The van der Waals surface area contributed by atoms with Crippen LogP contribution >= 0.6 is 0 Å². The molecule has 1 aromatic carbocycles. The lowest BCUT2D eigenvalue weighted by molar-refractivity contribution is -0.0360. The van der Waals surface area contributed by atoms with Crippen LogP contribution in [0, 0.1) is 5.92 Å². The van der Waals surface area contributed by atoms with Crippen molar-refractivity contribution in [2.75, 3.05) is 13.6 Å². The average Bonchev–Trinajstić information content (AvgIpc) is 3.38. The molecule has 5 nitrogen and oxygen atoms in total. The van der Waals surface area contributed by atoms with Crippen LogP contribution in [0.2, 0.25) is 0 Å². The number of ether oxygens (including phenoxy) is 1. The number of aliphatic hydroxyl groups excluding tert-OH is 1. The number of nitrogens with one attached hydrogen (secondary N) is 1. The van der Waals surface area contributed by atoms with Crippen molar-refractivity contribution in [1.82, 2.24) is 10.2 Å². The molecular formula is C19H26N2O3. The Labute approximate surface area is 143 Å². The van der Waals surface area contributed by atoms with Gasteiger partial charge in [-0.3, -0.25) is 0 Å². The fourth-order valence-electron chi connectivity index (χ4n) is 3.88. The Bertz CT molecular complexity index is 625. The van der Waals surface area contributed by atoms with E-state index in [9.17, 15) is 9.90 Å². The van der Waals surface area contributed by atoms with Crippen LogP contribution < -0.4 is 10.1 Å². The first-order valence-corrected chi connectivity index (χ1v) is 9.04. The maximum Gasteiger partial charge on any atom is 0.317 e. The lowest BCUT2D eigenvalue weighted by Crippen LogP contribution is -2.51. The van der Waals surface area contributed by atoms with E-state index in [2.05, 4.69) is 5.32 Å². The Hall–Kier alpha value is -1.75. The Morgan fingerprint density at radius 3 is 2.83 bits per heavy atom. The molecule has 0 unspecified atom stereocenters. The first kappa shape index (κ1) is 15.8. The number of nitrogens with zero attached hydrogens (tertiary/aromatic N) is 1. The highest BCUT2D eigenvalue weighted by atomic mass is 16.5. The van der Waals surface area contributed by atoms with Gasteiger partial charge in [0, 0.05) is 25.6 Å². The van der Waals surface area contributed by atoms with E-state index in [4.69, 9.17) is 4.74 Å². The van der Waals surface area contributed by atoms with E-state index in [-0.39, 0.29) is 17.7 Å². The van der Waals surface area contributed by atoms with Gasteiger partial charge in [0.15, 0.2) is 0 Å². The minimum Gasteiger partial charge on any atom is -0.487 e. The summed E-state index contributed by atoms with van der Waals surface area (Å²) in [4.78, 5) is 14.2. The van der Waals surface area contributed by atoms with Crippen LogP contribution in [0.1, 0.15) is 50.1 Å². The van der Waals surface area contributed by atoms with E-state index >= 15 is 0 Å². The van der Waals surface area contributed by atoms with E-state index in [0.29, 0.717) is 12.5 Å². The Kier molecular flexibility index (Phi) is 3.91. The normalized spacial score (nSPS) is 25.2. The number of hydrogen-bond acceptors (Lipinski definition) is 3.